The zero-order valence-corrected chi connectivity index (χ0v) is 11.6. The molecular formula is C14H16N2O3S. The number of carbonyl (C=O) groups is 1. The Balaban J connectivity index is 1.88. The monoisotopic (exact) mass is 292 g/mol. The molecule has 5 nitrogen and oxygen atoms in total. The molecule has 2 aromatic rings. The van der Waals surface area contributed by atoms with Crippen LogP contribution in [0.1, 0.15) is 21.1 Å². The van der Waals surface area contributed by atoms with Gasteiger partial charge in [0.2, 0.25) is 5.01 Å². The maximum Gasteiger partial charge on any atom is 0.365 e. The smallest absolute Gasteiger partial charge is 0.365 e. The number of hydrogen-bond acceptors (Lipinski definition) is 5. The predicted octanol–water partition coefficient (Wildman–Crippen LogP) is 1.53. The Kier molecular flexibility index (Phi) is 5.23. The van der Waals surface area contributed by atoms with Crippen molar-refractivity contribution in [3.05, 3.63) is 52.0 Å². The Bertz CT molecular complexity index is 557. The third kappa shape index (κ3) is 4.12. The quantitative estimate of drug-likeness (QED) is 0.721. The highest BCUT2D eigenvalue weighted by Gasteiger charge is 2.11. The summed E-state index contributed by atoms with van der Waals surface area (Å²) in [6.07, 6.45) is 0.716. The molecular weight excluding hydrogens is 276 g/mol. The maximum absolute atomic E-state index is 10.7. The summed E-state index contributed by atoms with van der Waals surface area (Å²) in [6, 6.07) is 9.82. The molecule has 0 aliphatic rings. The van der Waals surface area contributed by atoms with Gasteiger partial charge in [-0.05, 0) is 12.0 Å². The molecule has 0 bridgehead atoms. The highest BCUT2D eigenvalue weighted by atomic mass is 32.1. The van der Waals surface area contributed by atoms with E-state index in [4.69, 9.17) is 5.11 Å². The van der Waals surface area contributed by atoms with Gasteiger partial charge in [0, 0.05) is 18.0 Å². The fraction of sp³-hybridized carbons (Fsp3) is 0.286. The number of nitrogens with zero attached hydrogens (tertiary/aromatic N) is 1. The third-order valence-corrected chi connectivity index (χ3v) is 3.73. The molecule has 0 amide bonds. The average Bonchev–Trinajstić information content (AvgIpc) is 2.93. The van der Waals surface area contributed by atoms with Crippen molar-refractivity contribution >= 4 is 17.3 Å². The van der Waals surface area contributed by atoms with E-state index in [2.05, 4.69) is 10.3 Å². The number of aliphatic hydroxyl groups is 1. The summed E-state index contributed by atoms with van der Waals surface area (Å²) in [5, 5.41) is 23.2. The van der Waals surface area contributed by atoms with Crippen LogP contribution in [-0.4, -0.2) is 33.8 Å². The SMILES string of the molecule is O=C(O)c1nc(CNC(CO)Cc2ccccc2)cs1. The highest BCUT2D eigenvalue weighted by Crippen LogP contribution is 2.10. The fourth-order valence-electron chi connectivity index (χ4n) is 1.84. The van der Waals surface area contributed by atoms with Gasteiger partial charge in [-0.3, -0.25) is 0 Å². The number of aromatic nitrogens is 1. The molecule has 0 saturated heterocycles. The molecule has 106 valence electrons. The molecule has 1 aromatic heterocycles. The molecule has 0 spiro atoms. The van der Waals surface area contributed by atoms with Gasteiger partial charge in [-0.1, -0.05) is 30.3 Å². The van der Waals surface area contributed by atoms with Crippen LogP contribution in [0.4, 0.5) is 0 Å². The van der Waals surface area contributed by atoms with E-state index >= 15 is 0 Å². The highest BCUT2D eigenvalue weighted by molar-refractivity contribution is 7.11. The van der Waals surface area contributed by atoms with Crippen LogP contribution in [0.15, 0.2) is 35.7 Å². The molecule has 0 fully saturated rings. The summed E-state index contributed by atoms with van der Waals surface area (Å²) in [5.74, 6) is -1.01. The van der Waals surface area contributed by atoms with E-state index in [1.54, 1.807) is 5.38 Å². The van der Waals surface area contributed by atoms with Crippen molar-refractivity contribution in [1.29, 1.82) is 0 Å². The van der Waals surface area contributed by atoms with Gasteiger partial charge < -0.3 is 15.5 Å². The first-order chi connectivity index (χ1) is 9.69. The van der Waals surface area contributed by atoms with E-state index in [1.807, 2.05) is 30.3 Å². The van der Waals surface area contributed by atoms with Crippen molar-refractivity contribution in [2.75, 3.05) is 6.61 Å². The van der Waals surface area contributed by atoms with Gasteiger partial charge in [0.15, 0.2) is 0 Å². The molecule has 2 rings (SSSR count). The number of aliphatic hydroxyl groups excluding tert-OH is 1. The number of nitrogens with one attached hydrogen (secondary N) is 1. The van der Waals surface area contributed by atoms with E-state index in [1.165, 1.54) is 0 Å². The Morgan fingerprint density at radius 2 is 2.10 bits per heavy atom. The first-order valence-electron chi connectivity index (χ1n) is 6.25. The van der Waals surface area contributed by atoms with E-state index < -0.39 is 5.97 Å². The minimum atomic E-state index is -1.01. The lowest BCUT2D eigenvalue weighted by atomic mass is 10.1. The Hall–Kier alpha value is -1.76. The third-order valence-electron chi connectivity index (χ3n) is 2.85. The van der Waals surface area contributed by atoms with E-state index in [9.17, 15) is 9.90 Å². The number of aromatic carboxylic acids is 1. The van der Waals surface area contributed by atoms with Crippen LogP contribution in [0, 0.1) is 0 Å². The van der Waals surface area contributed by atoms with Crippen molar-refractivity contribution in [3.63, 3.8) is 0 Å². The standard InChI is InChI=1S/C14H16N2O3S/c17-8-11(6-10-4-2-1-3-5-10)15-7-12-9-20-13(16-12)14(18)19/h1-5,9,11,15,17H,6-8H2,(H,18,19). The van der Waals surface area contributed by atoms with Gasteiger partial charge in [0.1, 0.15) is 0 Å². The molecule has 1 atom stereocenters. The number of carboxylic acids is 1. The van der Waals surface area contributed by atoms with Crippen molar-refractivity contribution in [2.45, 2.75) is 19.0 Å². The van der Waals surface area contributed by atoms with Crippen molar-refractivity contribution < 1.29 is 15.0 Å². The average molecular weight is 292 g/mol. The molecule has 1 unspecified atom stereocenters. The van der Waals surface area contributed by atoms with Crippen LogP contribution >= 0.6 is 11.3 Å². The van der Waals surface area contributed by atoms with Gasteiger partial charge in [0.05, 0.1) is 12.3 Å². The lowest BCUT2D eigenvalue weighted by Crippen LogP contribution is -2.34. The van der Waals surface area contributed by atoms with E-state index in [0.29, 0.717) is 18.7 Å². The lowest BCUT2D eigenvalue weighted by molar-refractivity contribution is 0.0696. The number of benzene rings is 1. The molecule has 1 aromatic carbocycles. The zero-order chi connectivity index (χ0) is 14.4. The van der Waals surface area contributed by atoms with Crippen LogP contribution in [0.5, 0.6) is 0 Å². The number of rotatable bonds is 7. The second kappa shape index (κ2) is 7.14. The fourth-order valence-corrected chi connectivity index (χ4v) is 2.49. The summed E-state index contributed by atoms with van der Waals surface area (Å²) in [6.45, 7) is 0.465. The van der Waals surface area contributed by atoms with Crippen LogP contribution in [0.25, 0.3) is 0 Å². The lowest BCUT2D eigenvalue weighted by Gasteiger charge is -2.15. The first kappa shape index (κ1) is 14.6. The van der Waals surface area contributed by atoms with Crippen molar-refractivity contribution in [2.24, 2.45) is 0 Å². The van der Waals surface area contributed by atoms with Gasteiger partial charge in [-0.25, -0.2) is 9.78 Å². The minimum absolute atomic E-state index is 0.0187. The Morgan fingerprint density at radius 1 is 1.35 bits per heavy atom. The predicted molar refractivity (Wildman–Crippen MR) is 76.9 cm³/mol. The molecule has 1 heterocycles. The molecule has 3 N–H and O–H groups in total. The van der Waals surface area contributed by atoms with Gasteiger partial charge in [-0.2, -0.15) is 0 Å². The molecule has 0 radical (unpaired) electrons. The number of thiazole rings is 1. The van der Waals surface area contributed by atoms with Crippen LogP contribution in [0.3, 0.4) is 0 Å². The molecule has 0 aliphatic carbocycles. The molecule has 20 heavy (non-hydrogen) atoms. The number of carboxylic acid groups (broad SMARTS) is 1. The molecule has 0 saturated carbocycles. The summed E-state index contributed by atoms with van der Waals surface area (Å²) >= 11 is 1.11. The second-order valence-electron chi connectivity index (χ2n) is 4.40. The summed E-state index contributed by atoms with van der Waals surface area (Å²) < 4.78 is 0. The maximum atomic E-state index is 10.7. The van der Waals surface area contributed by atoms with Crippen molar-refractivity contribution in [3.8, 4) is 0 Å². The Labute approximate surface area is 120 Å². The summed E-state index contributed by atoms with van der Waals surface area (Å²) in [5.41, 5.74) is 1.82. The van der Waals surface area contributed by atoms with Crippen molar-refractivity contribution in [1.82, 2.24) is 10.3 Å². The van der Waals surface area contributed by atoms with Crippen LogP contribution in [0.2, 0.25) is 0 Å². The van der Waals surface area contributed by atoms with E-state index in [0.717, 1.165) is 16.9 Å². The van der Waals surface area contributed by atoms with Crippen LogP contribution < -0.4 is 5.32 Å². The summed E-state index contributed by atoms with van der Waals surface area (Å²) in [4.78, 5) is 14.7. The molecule has 6 heteroatoms. The molecule has 0 aliphatic heterocycles. The second-order valence-corrected chi connectivity index (χ2v) is 5.26. The topological polar surface area (TPSA) is 82.5 Å². The number of hydrogen-bond donors (Lipinski definition) is 3. The largest absolute Gasteiger partial charge is 0.476 e. The van der Waals surface area contributed by atoms with Gasteiger partial charge in [0.25, 0.3) is 0 Å². The van der Waals surface area contributed by atoms with E-state index in [-0.39, 0.29) is 17.7 Å². The minimum Gasteiger partial charge on any atom is -0.476 e. The van der Waals surface area contributed by atoms with Gasteiger partial charge in [-0.15, -0.1) is 11.3 Å². The zero-order valence-electron chi connectivity index (χ0n) is 10.8. The normalized spacial score (nSPS) is 12.2. The Morgan fingerprint density at radius 3 is 2.70 bits per heavy atom. The van der Waals surface area contributed by atoms with Gasteiger partial charge >= 0.3 is 5.97 Å². The first-order valence-corrected chi connectivity index (χ1v) is 7.13. The summed E-state index contributed by atoms with van der Waals surface area (Å²) in [7, 11) is 0. The van der Waals surface area contributed by atoms with Crippen LogP contribution in [-0.2, 0) is 13.0 Å².